The minimum Gasteiger partial charge on any atom is -0.469 e. The molecular formula is C12H23NO5. The summed E-state index contributed by atoms with van der Waals surface area (Å²) in [5, 5.41) is 11.7. The number of ether oxygens (including phenoxy) is 2. The van der Waals surface area contributed by atoms with E-state index in [-0.39, 0.29) is 19.0 Å². The molecule has 0 aliphatic heterocycles. The summed E-state index contributed by atoms with van der Waals surface area (Å²) in [4.78, 5) is 22.3. The van der Waals surface area contributed by atoms with Crippen LogP contribution in [0, 0.1) is 0 Å². The lowest BCUT2D eigenvalue weighted by Gasteiger charge is -2.22. The van der Waals surface area contributed by atoms with Gasteiger partial charge in [0.2, 0.25) is 0 Å². The monoisotopic (exact) mass is 261 g/mol. The van der Waals surface area contributed by atoms with Gasteiger partial charge in [0.05, 0.1) is 19.8 Å². The summed E-state index contributed by atoms with van der Waals surface area (Å²) in [6, 6.07) is -0.412. The Morgan fingerprint density at radius 1 is 1.33 bits per heavy atom. The molecule has 0 aromatic rings. The van der Waals surface area contributed by atoms with Crippen LogP contribution >= 0.6 is 0 Å². The van der Waals surface area contributed by atoms with E-state index in [0.717, 1.165) is 0 Å². The molecule has 0 aromatic heterocycles. The van der Waals surface area contributed by atoms with Crippen molar-refractivity contribution in [3.05, 3.63) is 0 Å². The van der Waals surface area contributed by atoms with Gasteiger partial charge in [0, 0.05) is 6.42 Å². The molecule has 106 valence electrons. The molecule has 0 fully saturated rings. The molecule has 6 nitrogen and oxygen atoms in total. The number of aliphatic hydroxyl groups is 1. The van der Waals surface area contributed by atoms with Crippen LogP contribution in [0.5, 0.6) is 0 Å². The van der Waals surface area contributed by atoms with Gasteiger partial charge in [0.15, 0.2) is 0 Å². The number of alkyl carbamates (subject to hydrolysis) is 1. The van der Waals surface area contributed by atoms with Crippen molar-refractivity contribution in [3.8, 4) is 0 Å². The first-order chi connectivity index (χ1) is 8.28. The van der Waals surface area contributed by atoms with Crippen LogP contribution in [-0.2, 0) is 14.3 Å². The first kappa shape index (κ1) is 16.7. The predicted octanol–water partition coefficient (Wildman–Crippen LogP) is 1.22. The highest BCUT2D eigenvalue weighted by Gasteiger charge is 2.19. The molecule has 0 spiro atoms. The van der Waals surface area contributed by atoms with Crippen molar-refractivity contribution in [3.63, 3.8) is 0 Å². The molecule has 0 saturated heterocycles. The maximum atomic E-state index is 11.4. The zero-order chi connectivity index (χ0) is 14.2. The minimum atomic E-state index is -0.573. The molecular weight excluding hydrogens is 238 g/mol. The van der Waals surface area contributed by atoms with Crippen LogP contribution in [0.2, 0.25) is 0 Å². The Kier molecular flexibility index (Phi) is 7.35. The average Bonchev–Trinajstić information content (AvgIpc) is 2.24. The summed E-state index contributed by atoms with van der Waals surface area (Å²) in [5.41, 5.74) is -0.573. The first-order valence-corrected chi connectivity index (χ1v) is 5.95. The van der Waals surface area contributed by atoms with Crippen LogP contribution in [-0.4, -0.2) is 42.5 Å². The summed E-state index contributed by atoms with van der Waals surface area (Å²) in [5.74, 6) is -0.302. The van der Waals surface area contributed by atoms with Gasteiger partial charge in [-0.1, -0.05) is 0 Å². The largest absolute Gasteiger partial charge is 0.469 e. The molecule has 0 saturated carbocycles. The smallest absolute Gasteiger partial charge is 0.407 e. The summed E-state index contributed by atoms with van der Waals surface area (Å²) in [6.45, 7) is 5.09. The van der Waals surface area contributed by atoms with Gasteiger partial charge in [-0.25, -0.2) is 4.79 Å². The molecule has 0 bridgehead atoms. The first-order valence-electron chi connectivity index (χ1n) is 5.95. The number of rotatable bonds is 6. The van der Waals surface area contributed by atoms with Crippen LogP contribution in [0.15, 0.2) is 0 Å². The highest BCUT2D eigenvalue weighted by Crippen LogP contribution is 2.08. The number of carbonyl (C=O) groups is 2. The number of hydrogen-bond donors (Lipinski definition) is 2. The van der Waals surface area contributed by atoms with E-state index in [9.17, 15) is 9.59 Å². The zero-order valence-corrected chi connectivity index (χ0v) is 11.5. The number of nitrogens with one attached hydrogen (secondary N) is 1. The molecule has 0 unspecified atom stereocenters. The van der Waals surface area contributed by atoms with Gasteiger partial charge in [-0.05, 0) is 33.6 Å². The Hall–Kier alpha value is -1.30. The standard InChI is InChI=1S/C12H23NO5/c1-12(2,3)18-11(16)13-9(8-14)6-5-7-10(15)17-4/h9,14H,5-8H2,1-4H3,(H,13,16)/t9-/m1/s1. The fraction of sp³-hybridized carbons (Fsp3) is 0.833. The van der Waals surface area contributed by atoms with Gasteiger partial charge in [0.1, 0.15) is 5.60 Å². The Morgan fingerprint density at radius 2 is 1.94 bits per heavy atom. The van der Waals surface area contributed by atoms with E-state index in [1.54, 1.807) is 20.8 Å². The van der Waals surface area contributed by atoms with E-state index in [1.807, 2.05) is 0 Å². The number of amides is 1. The number of hydrogen-bond acceptors (Lipinski definition) is 5. The summed E-state index contributed by atoms with van der Waals surface area (Å²) < 4.78 is 9.56. The highest BCUT2D eigenvalue weighted by molar-refractivity contribution is 5.69. The fourth-order valence-corrected chi connectivity index (χ4v) is 1.28. The number of aliphatic hydroxyl groups excluding tert-OH is 1. The van der Waals surface area contributed by atoms with Gasteiger partial charge in [-0.15, -0.1) is 0 Å². The Labute approximate surface area is 108 Å². The molecule has 0 heterocycles. The third-order valence-electron chi connectivity index (χ3n) is 2.10. The molecule has 0 radical (unpaired) electrons. The van der Waals surface area contributed by atoms with Gasteiger partial charge >= 0.3 is 12.1 Å². The van der Waals surface area contributed by atoms with Gasteiger partial charge in [-0.2, -0.15) is 0 Å². The number of esters is 1. The van der Waals surface area contributed by atoms with Crippen LogP contribution in [0.1, 0.15) is 40.0 Å². The third kappa shape index (κ3) is 8.81. The second kappa shape index (κ2) is 7.92. The molecule has 0 aliphatic rings. The van der Waals surface area contributed by atoms with Crippen molar-refractivity contribution in [2.75, 3.05) is 13.7 Å². The van der Waals surface area contributed by atoms with Crippen molar-refractivity contribution in [2.45, 2.75) is 51.7 Å². The molecule has 0 rings (SSSR count). The Balaban J connectivity index is 3.96. The van der Waals surface area contributed by atoms with E-state index in [1.165, 1.54) is 7.11 Å². The molecule has 6 heteroatoms. The molecule has 0 aromatic carbocycles. The predicted molar refractivity (Wildman–Crippen MR) is 66.1 cm³/mol. The molecule has 0 aliphatic carbocycles. The lowest BCUT2D eigenvalue weighted by atomic mass is 10.1. The number of carbonyl (C=O) groups excluding carboxylic acids is 2. The van der Waals surface area contributed by atoms with Crippen molar-refractivity contribution in [1.29, 1.82) is 0 Å². The van der Waals surface area contributed by atoms with Gasteiger partial charge < -0.3 is 19.9 Å². The van der Waals surface area contributed by atoms with Crippen molar-refractivity contribution in [1.82, 2.24) is 5.32 Å². The van der Waals surface area contributed by atoms with Crippen LogP contribution in [0.3, 0.4) is 0 Å². The summed E-state index contributed by atoms with van der Waals surface area (Å²) >= 11 is 0. The maximum absolute atomic E-state index is 11.4. The van der Waals surface area contributed by atoms with Crippen molar-refractivity contribution < 1.29 is 24.2 Å². The zero-order valence-electron chi connectivity index (χ0n) is 11.5. The third-order valence-corrected chi connectivity index (χ3v) is 2.10. The molecule has 1 amide bonds. The van der Waals surface area contributed by atoms with Crippen molar-refractivity contribution >= 4 is 12.1 Å². The number of methoxy groups -OCH3 is 1. The van der Waals surface area contributed by atoms with E-state index < -0.39 is 17.7 Å². The summed E-state index contributed by atoms with van der Waals surface area (Å²) in [6.07, 6.45) is 0.723. The molecule has 1 atom stereocenters. The quantitative estimate of drug-likeness (QED) is 0.702. The Bertz CT molecular complexity index is 272. The second-order valence-electron chi connectivity index (χ2n) is 4.99. The molecule has 2 N–H and O–H groups in total. The topological polar surface area (TPSA) is 84.9 Å². The normalized spacial score (nSPS) is 12.7. The van der Waals surface area contributed by atoms with Gasteiger partial charge in [-0.3, -0.25) is 4.79 Å². The lowest BCUT2D eigenvalue weighted by molar-refractivity contribution is -0.140. The van der Waals surface area contributed by atoms with E-state index >= 15 is 0 Å². The molecule has 18 heavy (non-hydrogen) atoms. The highest BCUT2D eigenvalue weighted by atomic mass is 16.6. The van der Waals surface area contributed by atoms with Crippen LogP contribution in [0.4, 0.5) is 4.79 Å². The maximum Gasteiger partial charge on any atom is 0.407 e. The fourth-order valence-electron chi connectivity index (χ4n) is 1.28. The summed E-state index contributed by atoms with van der Waals surface area (Å²) in [7, 11) is 1.32. The van der Waals surface area contributed by atoms with Crippen molar-refractivity contribution in [2.24, 2.45) is 0 Å². The Morgan fingerprint density at radius 3 is 2.39 bits per heavy atom. The second-order valence-corrected chi connectivity index (χ2v) is 4.99. The van der Waals surface area contributed by atoms with E-state index in [2.05, 4.69) is 10.1 Å². The average molecular weight is 261 g/mol. The minimum absolute atomic E-state index is 0.194. The van der Waals surface area contributed by atoms with E-state index in [4.69, 9.17) is 9.84 Å². The van der Waals surface area contributed by atoms with Crippen LogP contribution < -0.4 is 5.32 Å². The SMILES string of the molecule is COC(=O)CCC[C@H](CO)NC(=O)OC(C)(C)C. The van der Waals surface area contributed by atoms with Gasteiger partial charge in [0.25, 0.3) is 0 Å². The lowest BCUT2D eigenvalue weighted by Crippen LogP contribution is -2.41. The van der Waals surface area contributed by atoms with Crippen LogP contribution in [0.25, 0.3) is 0 Å². The van der Waals surface area contributed by atoms with E-state index in [0.29, 0.717) is 12.8 Å².